The second-order valence-corrected chi connectivity index (χ2v) is 6.92. The minimum atomic E-state index is -0.326. The van der Waals surface area contributed by atoms with E-state index in [0.717, 1.165) is 16.7 Å². The van der Waals surface area contributed by atoms with Gasteiger partial charge in [0.05, 0.1) is 5.56 Å². The Balaban J connectivity index is 1.45. The molecule has 30 heavy (non-hydrogen) atoms. The molecule has 0 radical (unpaired) electrons. The van der Waals surface area contributed by atoms with Gasteiger partial charge >= 0.3 is 6.03 Å². The van der Waals surface area contributed by atoms with E-state index in [2.05, 4.69) is 20.9 Å². The Kier molecular flexibility index (Phi) is 7.34. The van der Waals surface area contributed by atoms with Gasteiger partial charge in [-0.05, 0) is 41.0 Å². The van der Waals surface area contributed by atoms with E-state index in [-0.39, 0.29) is 17.8 Å². The monoisotopic (exact) mass is 426 g/mol. The molecule has 0 aliphatic carbocycles. The van der Waals surface area contributed by atoms with Crippen LogP contribution in [-0.4, -0.2) is 16.9 Å². The van der Waals surface area contributed by atoms with Crippen LogP contribution in [0.15, 0.2) is 66.9 Å². The fourth-order valence-corrected chi connectivity index (χ4v) is 2.79. The lowest BCUT2D eigenvalue weighted by atomic mass is 10.1. The zero-order valence-electron chi connectivity index (χ0n) is 16.0. The number of benzene rings is 2. The van der Waals surface area contributed by atoms with Gasteiger partial charge in [-0.2, -0.15) is 0 Å². The van der Waals surface area contributed by atoms with Crippen molar-refractivity contribution in [3.05, 3.63) is 100 Å². The van der Waals surface area contributed by atoms with Crippen LogP contribution in [0.1, 0.15) is 27.0 Å². The van der Waals surface area contributed by atoms with Crippen LogP contribution in [-0.2, 0) is 19.6 Å². The molecule has 6 nitrogen and oxygen atoms in total. The summed E-state index contributed by atoms with van der Waals surface area (Å²) in [4.78, 5) is 28.0. The lowest BCUT2D eigenvalue weighted by Crippen LogP contribution is -2.34. The number of nitrogens with zero attached hydrogens (tertiary/aromatic N) is 1. The summed E-state index contributed by atoms with van der Waals surface area (Å²) < 4.78 is 12.9. The fourth-order valence-electron chi connectivity index (χ4n) is 2.67. The highest BCUT2D eigenvalue weighted by Gasteiger charge is 2.06. The van der Waals surface area contributed by atoms with Gasteiger partial charge in [0, 0.05) is 25.8 Å². The van der Waals surface area contributed by atoms with E-state index in [1.54, 1.807) is 24.3 Å². The number of halogens is 2. The maximum absolute atomic E-state index is 12.9. The summed E-state index contributed by atoms with van der Waals surface area (Å²) >= 11 is 5.72. The highest BCUT2D eigenvalue weighted by atomic mass is 35.5. The van der Waals surface area contributed by atoms with E-state index in [1.807, 2.05) is 24.3 Å². The van der Waals surface area contributed by atoms with Crippen molar-refractivity contribution in [2.75, 3.05) is 0 Å². The predicted octanol–water partition coefficient (Wildman–Crippen LogP) is 3.80. The number of urea groups is 1. The van der Waals surface area contributed by atoms with Gasteiger partial charge in [-0.15, -0.1) is 0 Å². The first-order valence-corrected chi connectivity index (χ1v) is 9.61. The van der Waals surface area contributed by atoms with Gasteiger partial charge in [-0.3, -0.25) is 4.79 Å². The molecule has 3 aromatic rings. The average molecular weight is 427 g/mol. The van der Waals surface area contributed by atoms with Crippen molar-refractivity contribution in [2.45, 2.75) is 19.6 Å². The number of amides is 3. The second-order valence-electron chi connectivity index (χ2n) is 6.53. The molecule has 0 spiro atoms. The van der Waals surface area contributed by atoms with Gasteiger partial charge in [0.25, 0.3) is 5.91 Å². The molecular formula is C22H20ClFN4O2. The molecule has 2 aromatic carbocycles. The smallest absolute Gasteiger partial charge is 0.315 e. The first-order valence-electron chi connectivity index (χ1n) is 9.23. The molecule has 8 heteroatoms. The molecule has 1 aromatic heterocycles. The van der Waals surface area contributed by atoms with E-state index in [1.165, 1.54) is 18.3 Å². The van der Waals surface area contributed by atoms with Gasteiger partial charge in [0.2, 0.25) is 0 Å². The number of carbonyl (C=O) groups is 2. The minimum absolute atomic E-state index is 0.247. The van der Waals surface area contributed by atoms with Crippen LogP contribution in [0.5, 0.6) is 0 Å². The van der Waals surface area contributed by atoms with E-state index < -0.39 is 0 Å². The maximum atomic E-state index is 12.9. The average Bonchev–Trinajstić information content (AvgIpc) is 2.76. The summed E-state index contributed by atoms with van der Waals surface area (Å²) in [5, 5.41) is 8.64. The number of hydrogen-bond acceptors (Lipinski definition) is 3. The number of pyridine rings is 1. The third-order valence-electron chi connectivity index (χ3n) is 4.25. The molecule has 3 N–H and O–H groups in total. The zero-order chi connectivity index (χ0) is 21.3. The Morgan fingerprint density at radius 3 is 2.10 bits per heavy atom. The summed E-state index contributed by atoms with van der Waals surface area (Å²) in [6.45, 7) is 0.974. The summed E-state index contributed by atoms with van der Waals surface area (Å²) in [6.07, 6.45) is 1.42. The molecule has 0 saturated heterocycles. The van der Waals surface area contributed by atoms with Crippen LogP contribution in [0.2, 0.25) is 5.15 Å². The Morgan fingerprint density at radius 2 is 1.47 bits per heavy atom. The van der Waals surface area contributed by atoms with Crippen molar-refractivity contribution in [2.24, 2.45) is 0 Å². The molecule has 0 aliphatic rings. The molecule has 3 rings (SSSR count). The van der Waals surface area contributed by atoms with Gasteiger partial charge in [0.1, 0.15) is 11.0 Å². The van der Waals surface area contributed by atoms with E-state index >= 15 is 0 Å². The van der Waals surface area contributed by atoms with E-state index in [0.29, 0.717) is 30.4 Å². The Hall–Kier alpha value is -3.45. The van der Waals surface area contributed by atoms with Crippen molar-refractivity contribution in [1.82, 2.24) is 20.9 Å². The largest absolute Gasteiger partial charge is 0.348 e. The molecular weight excluding hydrogens is 407 g/mol. The molecule has 0 saturated carbocycles. The minimum Gasteiger partial charge on any atom is -0.348 e. The van der Waals surface area contributed by atoms with Crippen LogP contribution >= 0.6 is 11.6 Å². The Bertz CT molecular complexity index is 1010. The normalized spacial score (nSPS) is 10.3. The molecule has 0 unspecified atom stereocenters. The zero-order valence-corrected chi connectivity index (χ0v) is 16.7. The standard InChI is InChI=1S/C22H20ClFN4O2/c23-20-9-6-18(14-25-20)21(29)26-12-16-2-1-3-17(10-16)13-28-22(30)27-11-15-4-7-19(24)8-5-15/h1-10,14H,11-13H2,(H,26,29)(H2,27,28,30). The Labute approximate surface area is 178 Å². The molecule has 0 fully saturated rings. The number of carbonyl (C=O) groups excluding carboxylic acids is 2. The van der Waals surface area contributed by atoms with Gasteiger partial charge in [-0.1, -0.05) is 48.0 Å². The summed E-state index contributed by atoms with van der Waals surface area (Å²) in [5.74, 6) is -0.563. The van der Waals surface area contributed by atoms with Gasteiger partial charge in [-0.25, -0.2) is 14.2 Å². The maximum Gasteiger partial charge on any atom is 0.315 e. The molecule has 0 bridgehead atoms. The first-order chi connectivity index (χ1) is 14.5. The third kappa shape index (κ3) is 6.56. The van der Waals surface area contributed by atoms with E-state index in [9.17, 15) is 14.0 Å². The topological polar surface area (TPSA) is 83.1 Å². The molecule has 1 heterocycles. The van der Waals surface area contributed by atoms with E-state index in [4.69, 9.17) is 11.6 Å². The second kappa shape index (κ2) is 10.4. The SMILES string of the molecule is O=C(NCc1ccc(F)cc1)NCc1cccc(CNC(=O)c2ccc(Cl)nc2)c1. The third-order valence-corrected chi connectivity index (χ3v) is 4.48. The van der Waals surface area contributed by atoms with Crippen molar-refractivity contribution in [1.29, 1.82) is 0 Å². The van der Waals surface area contributed by atoms with Gasteiger partial charge in [0.15, 0.2) is 0 Å². The molecule has 0 aliphatic heterocycles. The van der Waals surface area contributed by atoms with Gasteiger partial charge < -0.3 is 16.0 Å². The molecule has 3 amide bonds. The van der Waals surface area contributed by atoms with Crippen molar-refractivity contribution in [3.63, 3.8) is 0 Å². The predicted molar refractivity (Wildman–Crippen MR) is 112 cm³/mol. The molecule has 154 valence electrons. The fraction of sp³-hybridized carbons (Fsp3) is 0.136. The summed E-state index contributed by atoms with van der Waals surface area (Å²) in [7, 11) is 0. The first kappa shape index (κ1) is 21.3. The van der Waals surface area contributed by atoms with Crippen LogP contribution in [0.4, 0.5) is 9.18 Å². The van der Waals surface area contributed by atoms with Crippen molar-refractivity contribution >= 4 is 23.5 Å². The van der Waals surface area contributed by atoms with Crippen LogP contribution in [0.25, 0.3) is 0 Å². The molecule has 0 atom stereocenters. The number of rotatable bonds is 7. The lowest BCUT2D eigenvalue weighted by molar-refractivity contribution is 0.0950. The van der Waals surface area contributed by atoms with Crippen LogP contribution < -0.4 is 16.0 Å². The highest BCUT2D eigenvalue weighted by Crippen LogP contribution is 2.08. The van der Waals surface area contributed by atoms with Crippen LogP contribution in [0, 0.1) is 5.82 Å². The number of nitrogens with one attached hydrogen (secondary N) is 3. The quantitative estimate of drug-likeness (QED) is 0.502. The van der Waals surface area contributed by atoms with Crippen LogP contribution in [0.3, 0.4) is 0 Å². The number of hydrogen-bond donors (Lipinski definition) is 3. The number of aromatic nitrogens is 1. The van der Waals surface area contributed by atoms with Crippen molar-refractivity contribution < 1.29 is 14.0 Å². The van der Waals surface area contributed by atoms with Crippen molar-refractivity contribution in [3.8, 4) is 0 Å². The summed E-state index contributed by atoms with van der Waals surface area (Å²) in [5.41, 5.74) is 3.03. The highest BCUT2D eigenvalue weighted by molar-refractivity contribution is 6.29. The summed E-state index contributed by atoms with van der Waals surface area (Å²) in [6, 6.07) is 16.3. The lowest BCUT2D eigenvalue weighted by Gasteiger charge is -2.10. The Morgan fingerprint density at radius 1 is 0.833 bits per heavy atom.